The molecule has 0 saturated heterocycles. The normalized spacial score (nSPS) is 12.6. The van der Waals surface area contributed by atoms with Crippen LogP contribution in [0.5, 0.6) is 0 Å². The molecular formula is C34H28N8. The summed E-state index contributed by atoms with van der Waals surface area (Å²) >= 11 is 0. The Morgan fingerprint density at radius 1 is 0.500 bits per heavy atom. The van der Waals surface area contributed by atoms with Crippen LogP contribution in [0.2, 0.25) is 0 Å². The van der Waals surface area contributed by atoms with Crippen LogP contribution in [0.4, 0.5) is 0 Å². The molecule has 0 saturated carbocycles. The van der Waals surface area contributed by atoms with Gasteiger partial charge in [-0.2, -0.15) is 0 Å². The second-order valence-electron chi connectivity index (χ2n) is 9.45. The Hall–Kier alpha value is -5.76. The van der Waals surface area contributed by atoms with E-state index in [0.29, 0.717) is 45.9 Å². The Kier molecular flexibility index (Phi) is 6.72. The van der Waals surface area contributed by atoms with E-state index in [1.54, 1.807) is 24.3 Å². The molecule has 0 atom stereocenters. The number of hydrogen-bond acceptors (Lipinski definition) is 6. The number of hydrogen-bond donors (Lipinski definition) is 2. The van der Waals surface area contributed by atoms with Crippen LogP contribution in [0.15, 0.2) is 74.9 Å². The fourth-order valence-electron chi connectivity index (χ4n) is 5.16. The predicted molar refractivity (Wildman–Crippen MR) is 173 cm³/mol. The largest absolute Gasteiger partial charge is 0.324 e. The quantitative estimate of drug-likeness (QED) is 0.224. The first kappa shape index (κ1) is 26.5. The van der Waals surface area contributed by atoms with Crippen LogP contribution >= 0.6 is 0 Å². The summed E-state index contributed by atoms with van der Waals surface area (Å²) in [6.45, 7) is 20.1. The molecule has 204 valence electrons. The summed E-state index contributed by atoms with van der Waals surface area (Å²) in [7, 11) is 0. The Morgan fingerprint density at radius 3 is 1.52 bits per heavy atom. The predicted octanol–water partition coefficient (Wildman–Crippen LogP) is 7.86. The van der Waals surface area contributed by atoms with Crippen LogP contribution < -0.4 is 0 Å². The molecule has 1 aromatic carbocycles. The van der Waals surface area contributed by atoms with Gasteiger partial charge in [0.25, 0.3) is 0 Å². The van der Waals surface area contributed by atoms with Crippen molar-refractivity contribution in [1.29, 1.82) is 0 Å². The molecule has 3 aromatic heterocycles. The molecule has 0 fully saturated rings. The number of benzene rings is 1. The molecule has 5 heterocycles. The van der Waals surface area contributed by atoms with Crippen molar-refractivity contribution < 1.29 is 0 Å². The maximum atomic E-state index is 4.99. The van der Waals surface area contributed by atoms with Crippen LogP contribution in [0, 0.1) is 0 Å². The fourth-order valence-corrected chi connectivity index (χ4v) is 5.16. The molecule has 2 aliphatic heterocycles. The van der Waals surface area contributed by atoms with Crippen LogP contribution in [0.1, 0.15) is 47.8 Å². The zero-order valence-corrected chi connectivity index (χ0v) is 23.4. The SMILES string of the molecule is C=CC1=C(/C=C\C)c2nc1nc1nc(nc3[nH]c(nc4[nH]c(n2)c(C=C)c4C=C)c(C=C)c3/C=C\C)-c2ccccc2-1. The van der Waals surface area contributed by atoms with E-state index >= 15 is 0 Å². The smallest absolute Gasteiger partial charge is 0.164 e. The highest BCUT2D eigenvalue weighted by Crippen LogP contribution is 2.36. The van der Waals surface area contributed by atoms with Crippen molar-refractivity contribution in [3.8, 4) is 22.8 Å². The summed E-state index contributed by atoms with van der Waals surface area (Å²) in [6, 6.07) is 7.88. The summed E-state index contributed by atoms with van der Waals surface area (Å²) in [4.78, 5) is 36.3. The van der Waals surface area contributed by atoms with Crippen molar-refractivity contribution in [2.24, 2.45) is 0 Å². The molecule has 0 spiro atoms. The standard InChI is InChI=1S/C34H28N8/c1-7-15-23-22(12-6)30-39-31(23)37-28-20(10-4)19(9-3)27(35-28)36-29-21(11-5)24(16-8-2)32(38-29)41-34-26-18-14-13-17-25(26)33(40-30)42-34/h7-18H,3-6H2,1-2H3,(H2,35,36,37,38,39,40,41,42)/b15-7-,16-8-. The number of aromatic nitrogens is 8. The van der Waals surface area contributed by atoms with Gasteiger partial charge in [-0.1, -0.05) is 99.2 Å². The van der Waals surface area contributed by atoms with E-state index in [1.165, 1.54) is 0 Å². The Morgan fingerprint density at radius 2 is 0.952 bits per heavy atom. The third-order valence-electron chi connectivity index (χ3n) is 7.03. The lowest BCUT2D eigenvalue weighted by molar-refractivity contribution is 1.10. The molecule has 42 heavy (non-hydrogen) atoms. The van der Waals surface area contributed by atoms with Gasteiger partial charge < -0.3 is 9.97 Å². The zero-order chi connectivity index (χ0) is 29.4. The lowest BCUT2D eigenvalue weighted by Crippen LogP contribution is -1.89. The monoisotopic (exact) mass is 548 g/mol. The van der Waals surface area contributed by atoms with Crippen LogP contribution in [0.25, 0.3) is 80.8 Å². The maximum Gasteiger partial charge on any atom is 0.164 e. The minimum Gasteiger partial charge on any atom is -0.324 e. The number of aromatic amines is 2. The highest BCUT2D eigenvalue weighted by atomic mass is 15.1. The van der Waals surface area contributed by atoms with Gasteiger partial charge in [-0.15, -0.1) is 0 Å². The lowest BCUT2D eigenvalue weighted by Gasteiger charge is -1.98. The number of rotatable bonds is 6. The van der Waals surface area contributed by atoms with Crippen molar-refractivity contribution >= 4 is 58.0 Å². The first-order valence-electron chi connectivity index (χ1n) is 13.4. The van der Waals surface area contributed by atoms with E-state index < -0.39 is 0 Å². The number of H-pyrrole nitrogens is 2. The second-order valence-corrected chi connectivity index (χ2v) is 9.45. The Labute approximate surface area is 243 Å². The van der Waals surface area contributed by atoms with Gasteiger partial charge in [0.15, 0.2) is 23.3 Å². The highest BCUT2D eigenvalue weighted by molar-refractivity contribution is 5.99. The van der Waals surface area contributed by atoms with Gasteiger partial charge in [0.05, 0.1) is 0 Å². The van der Waals surface area contributed by atoms with Crippen molar-refractivity contribution in [3.05, 3.63) is 109 Å². The van der Waals surface area contributed by atoms with Crippen LogP contribution in [-0.4, -0.2) is 39.9 Å². The van der Waals surface area contributed by atoms with E-state index in [4.69, 9.17) is 29.9 Å². The van der Waals surface area contributed by atoms with Crippen molar-refractivity contribution in [2.45, 2.75) is 13.8 Å². The molecule has 2 aliphatic rings. The van der Waals surface area contributed by atoms with Gasteiger partial charge in [-0.25, -0.2) is 29.9 Å². The van der Waals surface area contributed by atoms with E-state index in [9.17, 15) is 0 Å². The van der Waals surface area contributed by atoms with Gasteiger partial charge in [0, 0.05) is 44.5 Å². The Balaban J connectivity index is 1.88. The molecule has 8 nitrogen and oxygen atoms in total. The minimum absolute atomic E-state index is 0.463. The molecular weight excluding hydrogens is 520 g/mol. The van der Waals surface area contributed by atoms with Gasteiger partial charge in [-0.05, 0) is 13.8 Å². The van der Waals surface area contributed by atoms with E-state index in [2.05, 4.69) is 36.3 Å². The van der Waals surface area contributed by atoms with Crippen molar-refractivity contribution in [1.82, 2.24) is 39.9 Å². The lowest BCUT2D eigenvalue weighted by atomic mass is 10.1. The number of nitrogens with zero attached hydrogens (tertiary/aromatic N) is 6. The molecule has 0 aliphatic carbocycles. The number of nitrogens with one attached hydrogen (secondary N) is 2. The summed E-state index contributed by atoms with van der Waals surface area (Å²) < 4.78 is 0. The minimum atomic E-state index is 0.463. The van der Waals surface area contributed by atoms with Crippen LogP contribution in [-0.2, 0) is 0 Å². The van der Waals surface area contributed by atoms with Crippen molar-refractivity contribution in [2.75, 3.05) is 0 Å². The van der Waals surface area contributed by atoms with Crippen LogP contribution in [0.3, 0.4) is 0 Å². The van der Waals surface area contributed by atoms with E-state index in [1.807, 2.05) is 62.4 Å². The van der Waals surface area contributed by atoms with E-state index in [0.717, 1.165) is 44.5 Å². The molecule has 4 aromatic rings. The zero-order valence-electron chi connectivity index (χ0n) is 23.4. The number of fused-ring (bicyclic) bond motifs is 11. The summed E-state index contributed by atoms with van der Waals surface area (Å²) in [5.74, 6) is 1.97. The summed E-state index contributed by atoms with van der Waals surface area (Å²) in [5.41, 5.74) is 8.68. The number of allylic oxidation sites excluding steroid dienone is 6. The molecule has 0 radical (unpaired) electrons. The summed E-state index contributed by atoms with van der Waals surface area (Å²) in [6.07, 6.45) is 14.8. The molecule has 0 amide bonds. The third-order valence-corrected chi connectivity index (χ3v) is 7.03. The first-order chi connectivity index (χ1) is 20.5. The van der Waals surface area contributed by atoms with Gasteiger partial charge in [-0.3, -0.25) is 0 Å². The van der Waals surface area contributed by atoms with Gasteiger partial charge in [0.2, 0.25) is 0 Å². The topological polar surface area (TPSA) is 109 Å². The van der Waals surface area contributed by atoms with Crippen molar-refractivity contribution in [3.63, 3.8) is 0 Å². The van der Waals surface area contributed by atoms with Gasteiger partial charge >= 0.3 is 0 Å². The molecule has 8 bridgehead atoms. The third kappa shape index (κ3) is 4.17. The fraction of sp³-hybridized carbons (Fsp3) is 0.0588. The maximum absolute atomic E-state index is 4.99. The average Bonchev–Trinajstić information content (AvgIpc) is 3.71. The molecule has 2 N–H and O–H groups in total. The molecule has 8 heteroatoms. The van der Waals surface area contributed by atoms with E-state index in [-0.39, 0.29) is 0 Å². The van der Waals surface area contributed by atoms with Gasteiger partial charge in [0.1, 0.15) is 22.6 Å². The highest BCUT2D eigenvalue weighted by Gasteiger charge is 2.23. The summed E-state index contributed by atoms with van der Waals surface area (Å²) in [5, 5.41) is 0. The first-order valence-corrected chi connectivity index (χ1v) is 13.4. The molecule has 6 rings (SSSR count). The second kappa shape index (κ2) is 10.7. The average molecular weight is 549 g/mol. The molecule has 0 unspecified atom stereocenters. The Bertz CT molecular complexity index is 2080.